The van der Waals surface area contributed by atoms with Crippen LogP contribution in [-0.2, 0) is 0 Å². The number of hydrogen-bond acceptors (Lipinski definition) is 2. The molecule has 1 fully saturated rings. The number of amides is 2. The molecule has 21 heavy (non-hydrogen) atoms. The van der Waals surface area contributed by atoms with E-state index in [-0.39, 0.29) is 5.91 Å². The molecular formula is C17H24N2O2. The van der Waals surface area contributed by atoms with Gasteiger partial charge in [-0.25, -0.2) is 0 Å². The summed E-state index contributed by atoms with van der Waals surface area (Å²) in [6, 6.07) is 6.64. The first-order chi connectivity index (χ1) is 10.2. The van der Waals surface area contributed by atoms with Crippen LogP contribution in [0.15, 0.2) is 24.3 Å². The van der Waals surface area contributed by atoms with Gasteiger partial charge in [0.25, 0.3) is 5.91 Å². The fraction of sp³-hybridized carbons (Fsp3) is 0.529. The number of nitrogens with two attached hydrogens (primary N) is 1. The zero-order chi connectivity index (χ0) is 15.1. The van der Waals surface area contributed by atoms with Gasteiger partial charge >= 0.3 is 0 Å². The molecule has 0 spiro atoms. The van der Waals surface area contributed by atoms with E-state index in [0.29, 0.717) is 11.1 Å². The van der Waals surface area contributed by atoms with Gasteiger partial charge in [0, 0.05) is 24.2 Å². The SMILES string of the molecule is NC(=O)c1ccc(C(=O)N2CCCCCCCCC2)cc1. The molecule has 0 saturated carbocycles. The van der Waals surface area contributed by atoms with Crippen LogP contribution in [0.4, 0.5) is 0 Å². The summed E-state index contributed by atoms with van der Waals surface area (Å²) in [4.78, 5) is 25.6. The molecule has 1 aromatic rings. The molecule has 0 bridgehead atoms. The topological polar surface area (TPSA) is 63.4 Å². The maximum atomic E-state index is 12.6. The molecule has 0 radical (unpaired) electrons. The molecule has 2 N–H and O–H groups in total. The zero-order valence-corrected chi connectivity index (χ0v) is 12.5. The van der Waals surface area contributed by atoms with E-state index in [2.05, 4.69) is 0 Å². The number of carbonyl (C=O) groups excluding carboxylic acids is 2. The van der Waals surface area contributed by atoms with Crippen molar-refractivity contribution < 1.29 is 9.59 Å². The maximum Gasteiger partial charge on any atom is 0.253 e. The third kappa shape index (κ3) is 4.59. The Balaban J connectivity index is 2.03. The summed E-state index contributed by atoms with van der Waals surface area (Å²) in [5, 5.41) is 0. The van der Waals surface area contributed by atoms with E-state index in [0.717, 1.165) is 25.9 Å². The fourth-order valence-electron chi connectivity index (χ4n) is 2.76. The highest BCUT2D eigenvalue weighted by Crippen LogP contribution is 2.14. The van der Waals surface area contributed by atoms with E-state index in [1.165, 1.54) is 32.1 Å². The number of rotatable bonds is 2. The monoisotopic (exact) mass is 288 g/mol. The molecule has 1 heterocycles. The average molecular weight is 288 g/mol. The van der Waals surface area contributed by atoms with Gasteiger partial charge in [-0.1, -0.05) is 32.1 Å². The summed E-state index contributed by atoms with van der Waals surface area (Å²) >= 11 is 0. The van der Waals surface area contributed by atoms with Crippen molar-refractivity contribution in [2.24, 2.45) is 5.73 Å². The van der Waals surface area contributed by atoms with E-state index in [1.807, 2.05) is 4.90 Å². The van der Waals surface area contributed by atoms with Crippen molar-refractivity contribution in [2.45, 2.75) is 44.9 Å². The largest absolute Gasteiger partial charge is 0.366 e. The van der Waals surface area contributed by atoms with Gasteiger partial charge in [0.15, 0.2) is 0 Å². The lowest BCUT2D eigenvalue weighted by atomic mass is 10.1. The zero-order valence-electron chi connectivity index (χ0n) is 12.5. The van der Waals surface area contributed by atoms with Crippen molar-refractivity contribution in [3.05, 3.63) is 35.4 Å². The molecule has 1 saturated heterocycles. The summed E-state index contributed by atoms with van der Waals surface area (Å²) in [6.07, 6.45) is 8.41. The van der Waals surface area contributed by atoms with Crippen molar-refractivity contribution in [2.75, 3.05) is 13.1 Å². The van der Waals surface area contributed by atoms with Crippen LogP contribution in [0.3, 0.4) is 0 Å². The van der Waals surface area contributed by atoms with E-state index in [1.54, 1.807) is 24.3 Å². The van der Waals surface area contributed by atoms with Gasteiger partial charge in [0.05, 0.1) is 0 Å². The Bertz CT molecular complexity index is 472. The Morgan fingerprint density at radius 1 is 0.762 bits per heavy atom. The van der Waals surface area contributed by atoms with Gasteiger partial charge in [0.2, 0.25) is 5.91 Å². The first-order valence-electron chi connectivity index (χ1n) is 7.87. The van der Waals surface area contributed by atoms with Crippen LogP contribution < -0.4 is 5.73 Å². The molecule has 0 unspecified atom stereocenters. The average Bonchev–Trinajstić information content (AvgIpc) is 2.52. The molecule has 2 amide bonds. The Morgan fingerprint density at radius 3 is 1.67 bits per heavy atom. The predicted molar refractivity (Wildman–Crippen MR) is 83.2 cm³/mol. The number of hydrogen-bond donors (Lipinski definition) is 1. The number of benzene rings is 1. The molecule has 0 aromatic heterocycles. The van der Waals surface area contributed by atoms with Gasteiger partial charge < -0.3 is 10.6 Å². The van der Waals surface area contributed by atoms with Crippen LogP contribution in [0.2, 0.25) is 0 Å². The minimum atomic E-state index is -0.465. The van der Waals surface area contributed by atoms with Gasteiger partial charge in [-0.15, -0.1) is 0 Å². The van der Waals surface area contributed by atoms with Gasteiger partial charge in [-0.2, -0.15) is 0 Å². The van der Waals surface area contributed by atoms with Crippen molar-refractivity contribution >= 4 is 11.8 Å². The molecule has 1 aliphatic heterocycles. The molecule has 4 nitrogen and oxygen atoms in total. The molecule has 0 aliphatic carbocycles. The van der Waals surface area contributed by atoms with E-state index >= 15 is 0 Å². The highest BCUT2D eigenvalue weighted by atomic mass is 16.2. The second kappa shape index (κ2) is 7.81. The van der Waals surface area contributed by atoms with Gasteiger partial charge in [0.1, 0.15) is 0 Å². The summed E-state index contributed by atoms with van der Waals surface area (Å²) in [7, 11) is 0. The Kier molecular flexibility index (Phi) is 5.78. The Morgan fingerprint density at radius 2 is 1.19 bits per heavy atom. The lowest BCUT2D eigenvalue weighted by molar-refractivity contribution is 0.0746. The Labute approximate surface area is 126 Å². The second-order valence-corrected chi connectivity index (χ2v) is 5.71. The molecule has 1 aliphatic rings. The molecular weight excluding hydrogens is 264 g/mol. The fourth-order valence-corrected chi connectivity index (χ4v) is 2.76. The summed E-state index contributed by atoms with van der Waals surface area (Å²) < 4.78 is 0. The molecule has 2 rings (SSSR count). The maximum absolute atomic E-state index is 12.6. The highest BCUT2D eigenvalue weighted by molar-refractivity contribution is 5.97. The minimum Gasteiger partial charge on any atom is -0.366 e. The van der Waals surface area contributed by atoms with Gasteiger partial charge in [-0.05, 0) is 37.1 Å². The normalized spacial score (nSPS) is 17.2. The van der Waals surface area contributed by atoms with E-state index < -0.39 is 5.91 Å². The van der Waals surface area contributed by atoms with Crippen molar-refractivity contribution in [3.8, 4) is 0 Å². The van der Waals surface area contributed by atoms with Crippen LogP contribution >= 0.6 is 0 Å². The second-order valence-electron chi connectivity index (χ2n) is 5.71. The number of primary amides is 1. The molecule has 4 heteroatoms. The summed E-state index contributed by atoms with van der Waals surface area (Å²) in [5.74, 6) is -0.403. The van der Waals surface area contributed by atoms with Crippen molar-refractivity contribution in [1.29, 1.82) is 0 Å². The molecule has 114 valence electrons. The van der Waals surface area contributed by atoms with Crippen LogP contribution in [0, 0.1) is 0 Å². The first kappa shape index (κ1) is 15.5. The van der Waals surface area contributed by atoms with Gasteiger partial charge in [-0.3, -0.25) is 9.59 Å². The molecule has 0 atom stereocenters. The van der Waals surface area contributed by atoms with E-state index in [4.69, 9.17) is 5.73 Å². The van der Waals surface area contributed by atoms with Crippen LogP contribution in [-0.4, -0.2) is 29.8 Å². The summed E-state index contributed by atoms with van der Waals surface area (Å²) in [5.41, 5.74) is 6.29. The first-order valence-corrected chi connectivity index (χ1v) is 7.87. The van der Waals surface area contributed by atoms with Crippen LogP contribution in [0.1, 0.15) is 65.7 Å². The quantitative estimate of drug-likeness (QED) is 0.909. The van der Waals surface area contributed by atoms with Crippen molar-refractivity contribution in [3.63, 3.8) is 0 Å². The third-order valence-electron chi connectivity index (χ3n) is 4.06. The summed E-state index contributed by atoms with van der Waals surface area (Å²) in [6.45, 7) is 1.66. The van der Waals surface area contributed by atoms with Crippen molar-refractivity contribution in [1.82, 2.24) is 4.90 Å². The third-order valence-corrected chi connectivity index (χ3v) is 4.06. The predicted octanol–water partition coefficient (Wildman–Crippen LogP) is 2.97. The molecule has 1 aromatic carbocycles. The smallest absolute Gasteiger partial charge is 0.253 e. The van der Waals surface area contributed by atoms with E-state index in [9.17, 15) is 9.59 Å². The Hall–Kier alpha value is -1.84. The lowest BCUT2D eigenvalue weighted by Gasteiger charge is -2.24. The van der Waals surface area contributed by atoms with Crippen LogP contribution in [0.5, 0.6) is 0 Å². The highest BCUT2D eigenvalue weighted by Gasteiger charge is 2.16. The standard InChI is InChI=1S/C17H24N2O2/c18-16(20)14-8-10-15(11-9-14)17(21)19-12-6-4-2-1-3-5-7-13-19/h8-11H,1-7,12-13H2,(H2,18,20). The lowest BCUT2D eigenvalue weighted by Crippen LogP contribution is -2.33. The number of nitrogens with zero attached hydrogens (tertiary/aromatic N) is 1. The number of carbonyl (C=O) groups is 2. The minimum absolute atomic E-state index is 0.0617. The van der Waals surface area contributed by atoms with Crippen LogP contribution in [0.25, 0.3) is 0 Å².